The van der Waals surface area contributed by atoms with E-state index in [2.05, 4.69) is 19.2 Å². The zero-order chi connectivity index (χ0) is 24.1. The van der Waals surface area contributed by atoms with Crippen molar-refractivity contribution in [3.63, 3.8) is 0 Å². The van der Waals surface area contributed by atoms with Crippen molar-refractivity contribution < 1.29 is 24.2 Å². The van der Waals surface area contributed by atoms with Crippen LogP contribution < -0.4 is 14.8 Å². The van der Waals surface area contributed by atoms with E-state index in [0.29, 0.717) is 34.6 Å². The smallest absolute Gasteiger partial charge is 0.223 e. The molecule has 178 valence electrons. The van der Waals surface area contributed by atoms with E-state index in [9.17, 15) is 14.7 Å². The maximum Gasteiger partial charge on any atom is 0.223 e. The standard InChI is InChI=1S/C26H34N2O5/c1-16-10-17(2)15-28(14-16)25(31)13-22(19-6-8-20(9-7-19)27-18(3)29)26-23(30)11-21(32-4)12-24(26)33-5/h6-9,11-12,16-17,22,30H,10,13-15H2,1-5H3,(H,27,29). The Kier molecular flexibility index (Phi) is 7.84. The molecule has 3 unspecified atom stereocenters. The first kappa shape index (κ1) is 24.4. The summed E-state index contributed by atoms with van der Waals surface area (Å²) in [5, 5.41) is 13.7. The summed E-state index contributed by atoms with van der Waals surface area (Å²) in [5.41, 5.74) is 2.05. The number of hydrogen-bond donors (Lipinski definition) is 2. The highest BCUT2D eigenvalue weighted by molar-refractivity contribution is 5.88. The number of nitrogens with one attached hydrogen (secondary N) is 1. The normalized spacial score (nSPS) is 19.0. The first-order chi connectivity index (χ1) is 15.7. The number of methoxy groups -OCH3 is 2. The number of aromatic hydroxyl groups is 1. The summed E-state index contributed by atoms with van der Waals surface area (Å²) in [7, 11) is 3.05. The predicted octanol–water partition coefficient (Wildman–Crippen LogP) is 4.39. The van der Waals surface area contributed by atoms with E-state index in [0.717, 1.165) is 25.1 Å². The van der Waals surface area contributed by atoms with E-state index in [4.69, 9.17) is 9.47 Å². The molecule has 7 nitrogen and oxygen atoms in total. The number of nitrogens with zero attached hydrogens (tertiary/aromatic N) is 1. The van der Waals surface area contributed by atoms with Gasteiger partial charge in [-0.2, -0.15) is 0 Å². The molecule has 1 fully saturated rings. The van der Waals surface area contributed by atoms with Crippen LogP contribution in [0.2, 0.25) is 0 Å². The molecule has 0 radical (unpaired) electrons. The molecule has 1 saturated heterocycles. The molecule has 1 heterocycles. The highest BCUT2D eigenvalue weighted by Crippen LogP contribution is 2.43. The van der Waals surface area contributed by atoms with Crippen LogP contribution in [-0.2, 0) is 9.59 Å². The molecule has 0 saturated carbocycles. The Morgan fingerprint density at radius 2 is 1.73 bits per heavy atom. The summed E-state index contributed by atoms with van der Waals surface area (Å²) >= 11 is 0. The van der Waals surface area contributed by atoms with Gasteiger partial charge in [0.2, 0.25) is 11.8 Å². The molecular formula is C26H34N2O5. The van der Waals surface area contributed by atoms with Crippen molar-refractivity contribution in [1.29, 1.82) is 0 Å². The molecule has 7 heteroatoms. The van der Waals surface area contributed by atoms with Crippen LogP contribution in [0.3, 0.4) is 0 Å². The molecule has 2 aromatic carbocycles. The van der Waals surface area contributed by atoms with E-state index in [1.165, 1.54) is 27.2 Å². The number of anilines is 1. The van der Waals surface area contributed by atoms with Crippen LogP contribution in [0.25, 0.3) is 0 Å². The molecule has 0 aliphatic carbocycles. The topological polar surface area (TPSA) is 88.1 Å². The number of likely N-dealkylation sites (tertiary alicyclic amines) is 1. The van der Waals surface area contributed by atoms with Gasteiger partial charge in [-0.1, -0.05) is 26.0 Å². The molecule has 33 heavy (non-hydrogen) atoms. The van der Waals surface area contributed by atoms with Crippen LogP contribution in [-0.4, -0.2) is 49.1 Å². The van der Waals surface area contributed by atoms with Crippen molar-refractivity contribution in [3.8, 4) is 17.2 Å². The van der Waals surface area contributed by atoms with Crippen molar-refractivity contribution in [2.75, 3.05) is 32.6 Å². The summed E-state index contributed by atoms with van der Waals surface area (Å²) in [6.45, 7) is 7.28. The lowest BCUT2D eigenvalue weighted by molar-refractivity contribution is -0.134. The monoisotopic (exact) mass is 454 g/mol. The van der Waals surface area contributed by atoms with Gasteiger partial charge in [0.25, 0.3) is 0 Å². The molecule has 0 spiro atoms. The first-order valence-electron chi connectivity index (χ1n) is 11.3. The van der Waals surface area contributed by atoms with Crippen LogP contribution in [0.4, 0.5) is 5.69 Å². The maximum atomic E-state index is 13.4. The average Bonchev–Trinajstić information content (AvgIpc) is 2.76. The fourth-order valence-electron chi connectivity index (χ4n) is 4.78. The molecule has 2 N–H and O–H groups in total. The Morgan fingerprint density at radius 1 is 1.09 bits per heavy atom. The lowest BCUT2D eigenvalue weighted by Crippen LogP contribution is -2.43. The second-order valence-corrected chi connectivity index (χ2v) is 9.07. The molecule has 3 atom stereocenters. The highest BCUT2D eigenvalue weighted by atomic mass is 16.5. The lowest BCUT2D eigenvalue weighted by atomic mass is 9.85. The largest absolute Gasteiger partial charge is 0.507 e. The van der Waals surface area contributed by atoms with E-state index < -0.39 is 5.92 Å². The first-order valence-corrected chi connectivity index (χ1v) is 11.3. The molecule has 0 aromatic heterocycles. The third-order valence-corrected chi connectivity index (χ3v) is 6.13. The van der Waals surface area contributed by atoms with Crippen molar-refractivity contribution in [2.24, 2.45) is 11.8 Å². The maximum absolute atomic E-state index is 13.4. The number of phenols is 1. The van der Waals surface area contributed by atoms with Gasteiger partial charge in [-0.15, -0.1) is 0 Å². The number of carbonyl (C=O) groups is 2. The van der Waals surface area contributed by atoms with Crippen LogP contribution in [0, 0.1) is 11.8 Å². The van der Waals surface area contributed by atoms with E-state index in [1.54, 1.807) is 18.2 Å². The zero-order valence-corrected chi connectivity index (χ0v) is 20.1. The van der Waals surface area contributed by atoms with Gasteiger partial charge in [0, 0.05) is 55.7 Å². The summed E-state index contributed by atoms with van der Waals surface area (Å²) in [6, 6.07) is 10.6. The summed E-state index contributed by atoms with van der Waals surface area (Å²) < 4.78 is 10.9. The van der Waals surface area contributed by atoms with Crippen LogP contribution in [0.1, 0.15) is 50.7 Å². The molecule has 1 aliphatic rings. The SMILES string of the molecule is COc1cc(O)c(C(CC(=O)N2CC(C)CC(C)C2)c2ccc(NC(C)=O)cc2)c(OC)c1. The van der Waals surface area contributed by atoms with Crippen LogP contribution in [0.15, 0.2) is 36.4 Å². The fraction of sp³-hybridized carbons (Fsp3) is 0.462. The van der Waals surface area contributed by atoms with Gasteiger partial charge >= 0.3 is 0 Å². The Hall–Kier alpha value is -3.22. The average molecular weight is 455 g/mol. The third-order valence-electron chi connectivity index (χ3n) is 6.13. The molecule has 2 amide bonds. The van der Waals surface area contributed by atoms with Crippen molar-refractivity contribution >= 4 is 17.5 Å². The number of piperidine rings is 1. The van der Waals surface area contributed by atoms with Gasteiger partial charge in [-0.25, -0.2) is 0 Å². The Labute approximate surface area is 195 Å². The summed E-state index contributed by atoms with van der Waals surface area (Å²) in [6.07, 6.45) is 1.31. The number of carbonyl (C=O) groups excluding carboxylic acids is 2. The van der Waals surface area contributed by atoms with Gasteiger partial charge in [-0.05, 0) is 36.0 Å². The number of hydrogen-bond acceptors (Lipinski definition) is 5. The molecule has 2 aromatic rings. The summed E-state index contributed by atoms with van der Waals surface area (Å²) in [5.74, 6) is 1.30. The minimum atomic E-state index is -0.433. The van der Waals surface area contributed by atoms with E-state index >= 15 is 0 Å². The van der Waals surface area contributed by atoms with Gasteiger partial charge in [0.15, 0.2) is 0 Å². The van der Waals surface area contributed by atoms with Crippen LogP contribution >= 0.6 is 0 Å². The van der Waals surface area contributed by atoms with Gasteiger partial charge in [0.05, 0.1) is 14.2 Å². The number of amides is 2. The second-order valence-electron chi connectivity index (χ2n) is 9.07. The van der Waals surface area contributed by atoms with Crippen LogP contribution in [0.5, 0.6) is 17.2 Å². The fourth-order valence-corrected chi connectivity index (χ4v) is 4.78. The van der Waals surface area contributed by atoms with Gasteiger partial charge in [-0.3, -0.25) is 9.59 Å². The number of rotatable bonds is 7. The van der Waals surface area contributed by atoms with Gasteiger partial charge in [0.1, 0.15) is 17.2 Å². The molecule has 1 aliphatic heterocycles. The van der Waals surface area contributed by atoms with Crippen molar-refractivity contribution in [1.82, 2.24) is 4.90 Å². The predicted molar refractivity (Wildman–Crippen MR) is 128 cm³/mol. The Bertz CT molecular complexity index is 979. The minimum absolute atomic E-state index is 0.00955. The Morgan fingerprint density at radius 3 is 2.27 bits per heavy atom. The lowest BCUT2D eigenvalue weighted by Gasteiger charge is -2.36. The van der Waals surface area contributed by atoms with Crippen molar-refractivity contribution in [3.05, 3.63) is 47.5 Å². The molecular weight excluding hydrogens is 420 g/mol. The molecule has 0 bridgehead atoms. The second kappa shape index (κ2) is 10.6. The quantitative estimate of drug-likeness (QED) is 0.648. The van der Waals surface area contributed by atoms with Gasteiger partial charge < -0.3 is 24.8 Å². The highest BCUT2D eigenvalue weighted by Gasteiger charge is 2.31. The third kappa shape index (κ3) is 5.97. The number of benzene rings is 2. The zero-order valence-electron chi connectivity index (χ0n) is 20.1. The number of ether oxygens (including phenoxy) is 2. The van der Waals surface area contributed by atoms with Crippen molar-refractivity contribution in [2.45, 2.75) is 39.5 Å². The summed E-state index contributed by atoms with van der Waals surface area (Å²) in [4.78, 5) is 26.7. The minimum Gasteiger partial charge on any atom is -0.507 e. The van der Waals surface area contributed by atoms with E-state index in [1.807, 2.05) is 17.0 Å². The molecule has 3 rings (SSSR count). The van der Waals surface area contributed by atoms with E-state index in [-0.39, 0.29) is 24.0 Å². The Balaban J connectivity index is 2.00. The number of phenolic OH excluding ortho intramolecular Hbond substituents is 1.